The molecule has 2 rings (SSSR count). The summed E-state index contributed by atoms with van der Waals surface area (Å²) in [4.78, 5) is 3.91. The maximum Gasteiger partial charge on any atom is 0.259 e. The lowest BCUT2D eigenvalue weighted by molar-refractivity contribution is 0.538. The smallest absolute Gasteiger partial charge is 0.259 e. The Bertz CT molecular complexity index is 477. The van der Waals surface area contributed by atoms with Crippen molar-refractivity contribution in [2.75, 3.05) is 13.1 Å². The van der Waals surface area contributed by atoms with Gasteiger partial charge in [0.25, 0.3) is 10.0 Å². The predicted molar refractivity (Wildman–Crippen MR) is 68.7 cm³/mol. The first kappa shape index (κ1) is 13.5. The Morgan fingerprint density at radius 3 is 3.06 bits per heavy atom. The number of nitrogens with zero attached hydrogens (tertiary/aromatic N) is 2. The summed E-state index contributed by atoms with van der Waals surface area (Å²) in [5.41, 5.74) is 0. The molecule has 1 saturated heterocycles. The van der Waals surface area contributed by atoms with E-state index in [0.29, 0.717) is 19.1 Å². The van der Waals surface area contributed by atoms with E-state index < -0.39 is 10.0 Å². The van der Waals surface area contributed by atoms with Crippen LogP contribution in [0.5, 0.6) is 0 Å². The zero-order chi connectivity index (χ0) is 13.0. The molecule has 1 atom stereocenters. The van der Waals surface area contributed by atoms with E-state index in [1.165, 1.54) is 12.7 Å². The first-order valence-corrected chi connectivity index (χ1v) is 7.85. The molecule has 0 bridgehead atoms. The van der Waals surface area contributed by atoms with E-state index in [0.717, 1.165) is 19.4 Å². The largest absolute Gasteiger partial charge is 0.336 e. The Morgan fingerprint density at radius 1 is 1.61 bits per heavy atom. The molecule has 1 aromatic heterocycles. The highest BCUT2D eigenvalue weighted by molar-refractivity contribution is 7.89. The van der Waals surface area contributed by atoms with Crippen LogP contribution in [0.25, 0.3) is 0 Å². The Labute approximate surface area is 108 Å². The van der Waals surface area contributed by atoms with Gasteiger partial charge in [0.05, 0.1) is 6.33 Å². The van der Waals surface area contributed by atoms with E-state index in [4.69, 9.17) is 0 Å². The van der Waals surface area contributed by atoms with Gasteiger partial charge in [-0.15, -0.1) is 0 Å². The Morgan fingerprint density at radius 2 is 2.44 bits per heavy atom. The van der Waals surface area contributed by atoms with Gasteiger partial charge in [0.15, 0.2) is 5.03 Å². The average molecular weight is 272 g/mol. The van der Waals surface area contributed by atoms with Crippen LogP contribution >= 0.6 is 0 Å². The maximum absolute atomic E-state index is 11.9. The van der Waals surface area contributed by atoms with E-state index in [2.05, 4.69) is 15.0 Å². The van der Waals surface area contributed by atoms with Gasteiger partial charge in [-0.05, 0) is 32.7 Å². The predicted octanol–water partition coefficient (Wildman–Crippen LogP) is 0.323. The van der Waals surface area contributed by atoms with Gasteiger partial charge in [-0.25, -0.2) is 18.1 Å². The fourth-order valence-corrected chi connectivity index (χ4v) is 3.09. The molecule has 2 N–H and O–H groups in total. The molecule has 1 aromatic rings. The second-order valence-electron chi connectivity index (χ2n) is 4.52. The number of nitrogens with one attached hydrogen (secondary N) is 2. The minimum absolute atomic E-state index is 0.101. The summed E-state index contributed by atoms with van der Waals surface area (Å²) >= 11 is 0. The minimum atomic E-state index is -3.45. The van der Waals surface area contributed by atoms with Crippen LogP contribution in [0.3, 0.4) is 0 Å². The molecule has 0 amide bonds. The van der Waals surface area contributed by atoms with Crippen molar-refractivity contribution in [3.63, 3.8) is 0 Å². The molecule has 0 aliphatic carbocycles. The number of aromatic nitrogens is 2. The van der Waals surface area contributed by atoms with Gasteiger partial charge < -0.3 is 9.88 Å². The highest BCUT2D eigenvalue weighted by atomic mass is 32.2. The number of rotatable bonds is 6. The standard InChI is InChI=1S/C11H20N4O2S/c1-2-15-8-11(13-9-15)18(16,17)14-7-5-10-4-3-6-12-10/h8-10,12,14H,2-7H2,1H3. The van der Waals surface area contributed by atoms with Crippen molar-refractivity contribution >= 4 is 10.0 Å². The SMILES string of the molecule is CCn1cnc(S(=O)(=O)NCCC2CCCN2)c1. The zero-order valence-corrected chi connectivity index (χ0v) is 11.4. The first-order chi connectivity index (χ1) is 8.62. The highest BCUT2D eigenvalue weighted by Gasteiger charge is 2.18. The first-order valence-electron chi connectivity index (χ1n) is 6.36. The Kier molecular flexibility index (Phi) is 4.36. The molecular weight excluding hydrogens is 252 g/mol. The molecule has 0 radical (unpaired) electrons. The summed E-state index contributed by atoms with van der Waals surface area (Å²) in [6.45, 7) is 4.16. The van der Waals surface area contributed by atoms with Gasteiger partial charge in [-0.1, -0.05) is 0 Å². The summed E-state index contributed by atoms with van der Waals surface area (Å²) < 4.78 is 28.2. The molecule has 102 valence electrons. The Balaban J connectivity index is 1.86. The normalized spacial score (nSPS) is 20.4. The molecule has 0 spiro atoms. The van der Waals surface area contributed by atoms with Crippen LogP contribution in [-0.2, 0) is 16.6 Å². The molecule has 7 heteroatoms. The van der Waals surface area contributed by atoms with Gasteiger partial charge in [0.1, 0.15) is 0 Å². The van der Waals surface area contributed by atoms with Gasteiger partial charge in [-0.2, -0.15) is 0 Å². The van der Waals surface area contributed by atoms with Crippen molar-refractivity contribution in [3.8, 4) is 0 Å². The van der Waals surface area contributed by atoms with Gasteiger partial charge in [0, 0.05) is 25.3 Å². The third-order valence-electron chi connectivity index (χ3n) is 3.20. The maximum atomic E-state index is 11.9. The molecular formula is C11H20N4O2S. The second kappa shape index (κ2) is 5.81. The fraction of sp³-hybridized carbons (Fsp3) is 0.727. The quantitative estimate of drug-likeness (QED) is 0.782. The molecule has 6 nitrogen and oxygen atoms in total. The summed E-state index contributed by atoms with van der Waals surface area (Å²) in [7, 11) is -3.45. The highest BCUT2D eigenvalue weighted by Crippen LogP contribution is 2.09. The molecule has 1 unspecified atom stereocenters. The number of imidazole rings is 1. The van der Waals surface area contributed by atoms with Crippen LogP contribution in [-0.4, -0.2) is 37.1 Å². The zero-order valence-electron chi connectivity index (χ0n) is 10.6. The minimum Gasteiger partial charge on any atom is -0.336 e. The van der Waals surface area contributed by atoms with E-state index in [-0.39, 0.29) is 5.03 Å². The second-order valence-corrected chi connectivity index (χ2v) is 6.24. The van der Waals surface area contributed by atoms with E-state index >= 15 is 0 Å². The van der Waals surface area contributed by atoms with Crippen molar-refractivity contribution < 1.29 is 8.42 Å². The lowest BCUT2D eigenvalue weighted by Crippen LogP contribution is -2.30. The van der Waals surface area contributed by atoms with Crippen molar-refractivity contribution in [2.45, 2.75) is 43.8 Å². The average Bonchev–Trinajstić information content (AvgIpc) is 2.99. The van der Waals surface area contributed by atoms with Crippen LogP contribution in [0.1, 0.15) is 26.2 Å². The van der Waals surface area contributed by atoms with E-state index in [9.17, 15) is 8.42 Å². The van der Waals surface area contributed by atoms with Crippen LogP contribution in [0.15, 0.2) is 17.6 Å². The molecule has 2 heterocycles. The molecule has 1 aliphatic rings. The van der Waals surface area contributed by atoms with Crippen LogP contribution in [0.4, 0.5) is 0 Å². The monoisotopic (exact) mass is 272 g/mol. The van der Waals surface area contributed by atoms with Crippen molar-refractivity contribution in [1.29, 1.82) is 0 Å². The summed E-state index contributed by atoms with van der Waals surface area (Å²) in [6.07, 6.45) is 6.22. The number of hydrogen-bond donors (Lipinski definition) is 2. The number of hydrogen-bond acceptors (Lipinski definition) is 4. The molecule has 18 heavy (non-hydrogen) atoms. The molecule has 0 saturated carbocycles. The van der Waals surface area contributed by atoms with Gasteiger partial charge >= 0.3 is 0 Å². The number of sulfonamides is 1. The van der Waals surface area contributed by atoms with Crippen LogP contribution in [0, 0.1) is 0 Å². The third-order valence-corrected chi connectivity index (χ3v) is 4.54. The van der Waals surface area contributed by atoms with Crippen molar-refractivity contribution in [2.24, 2.45) is 0 Å². The molecule has 0 aromatic carbocycles. The van der Waals surface area contributed by atoms with Crippen molar-refractivity contribution in [1.82, 2.24) is 19.6 Å². The Hall–Kier alpha value is -0.920. The van der Waals surface area contributed by atoms with Gasteiger partial charge in [-0.3, -0.25) is 0 Å². The lowest BCUT2D eigenvalue weighted by atomic mass is 10.2. The van der Waals surface area contributed by atoms with Crippen LogP contribution < -0.4 is 10.0 Å². The summed E-state index contributed by atoms with van der Waals surface area (Å²) in [5.74, 6) is 0. The summed E-state index contributed by atoms with van der Waals surface area (Å²) in [5, 5.41) is 3.44. The van der Waals surface area contributed by atoms with E-state index in [1.807, 2.05) is 6.92 Å². The van der Waals surface area contributed by atoms with Crippen LogP contribution in [0.2, 0.25) is 0 Å². The van der Waals surface area contributed by atoms with Gasteiger partial charge in [0.2, 0.25) is 0 Å². The lowest BCUT2D eigenvalue weighted by Gasteiger charge is -2.10. The van der Waals surface area contributed by atoms with Crippen molar-refractivity contribution in [3.05, 3.63) is 12.5 Å². The fourth-order valence-electron chi connectivity index (χ4n) is 2.10. The summed E-state index contributed by atoms with van der Waals surface area (Å²) in [6, 6.07) is 0.445. The third kappa shape index (κ3) is 3.30. The van der Waals surface area contributed by atoms with E-state index in [1.54, 1.807) is 10.8 Å². The molecule has 1 aliphatic heterocycles. The molecule has 1 fully saturated rings. The topological polar surface area (TPSA) is 76.0 Å². The number of aryl methyl sites for hydroxylation is 1.